The van der Waals surface area contributed by atoms with Gasteiger partial charge in [-0.1, -0.05) is 0 Å². The number of hydrogen-bond donors (Lipinski definition) is 1. The SMILES string of the molecule is Cc1ncsc1CN1C[C@@H]2COC[C@]2(COCC2CCOCC2)C1.O=C(O)C(F)(F)F. The summed E-state index contributed by atoms with van der Waals surface area (Å²) in [5.41, 5.74) is 3.33. The molecule has 3 fully saturated rings. The van der Waals surface area contributed by atoms with E-state index in [-0.39, 0.29) is 5.41 Å². The number of rotatable bonds is 6. The fourth-order valence-corrected chi connectivity index (χ4v) is 5.11. The Kier molecular flexibility index (Phi) is 8.31. The monoisotopic (exact) mass is 466 g/mol. The van der Waals surface area contributed by atoms with E-state index in [4.69, 9.17) is 24.1 Å². The molecular formula is C20H29F3N2O5S. The number of carboxylic acids is 1. The number of thiazole rings is 1. The zero-order chi connectivity index (χ0) is 22.5. The lowest BCUT2D eigenvalue weighted by molar-refractivity contribution is -0.192. The molecule has 0 unspecified atom stereocenters. The standard InChI is InChI=1S/C18H28N2O3S.C2HF3O2/c1-14-17(24-13-19-14)7-20-6-16-9-23-12-18(16,10-20)11-22-8-15-2-4-21-5-3-15;3-2(4,5)1(6)7/h13,15-16H,2-12H2,1H3;(H,6,7)/t16-,18-;/m1./s1. The van der Waals surface area contributed by atoms with Crippen LogP contribution in [0.2, 0.25) is 0 Å². The summed E-state index contributed by atoms with van der Waals surface area (Å²) >= 11 is 1.77. The van der Waals surface area contributed by atoms with Crippen LogP contribution in [0, 0.1) is 24.2 Å². The van der Waals surface area contributed by atoms with Gasteiger partial charge in [-0.05, 0) is 25.7 Å². The molecule has 0 bridgehead atoms. The van der Waals surface area contributed by atoms with E-state index in [0.717, 1.165) is 72.1 Å². The van der Waals surface area contributed by atoms with E-state index in [0.29, 0.717) is 11.8 Å². The Bertz CT molecular complexity index is 726. The smallest absolute Gasteiger partial charge is 0.475 e. The van der Waals surface area contributed by atoms with Crippen LogP contribution in [0.5, 0.6) is 0 Å². The van der Waals surface area contributed by atoms with E-state index in [1.807, 2.05) is 5.51 Å². The van der Waals surface area contributed by atoms with E-state index in [1.54, 1.807) is 11.3 Å². The van der Waals surface area contributed by atoms with Crippen LogP contribution in [0.4, 0.5) is 13.2 Å². The third-order valence-corrected chi connectivity index (χ3v) is 7.05. The summed E-state index contributed by atoms with van der Waals surface area (Å²) in [6.45, 7) is 10.6. The third-order valence-electron chi connectivity index (χ3n) is 6.13. The zero-order valence-corrected chi connectivity index (χ0v) is 18.3. The summed E-state index contributed by atoms with van der Waals surface area (Å²) in [5, 5.41) is 7.12. The van der Waals surface area contributed by atoms with E-state index in [1.165, 1.54) is 10.6 Å². The maximum absolute atomic E-state index is 10.6. The topological polar surface area (TPSA) is 81.1 Å². The Morgan fingerprint density at radius 1 is 1.39 bits per heavy atom. The minimum atomic E-state index is -5.08. The van der Waals surface area contributed by atoms with Crippen molar-refractivity contribution in [2.45, 2.75) is 32.5 Å². The second-order valence-electron chi connectivity index (χ2n) is 8.48. The lowest BCUT2D eigenvalue weighted by atomic mass is 9.82. The number of carboxylic acid groups (broad SMARTS) is 1. The van der Waals surface area contributed by atoms with Crippen LogP contribution in [0.3, 0.4) is 0 Å². The lowest BCUT2D eigenvalue weighted by Crippen LogP contribution is -2.36. The van der Waals surface area contributed by atoms with Gasteiger partial charge >= 0.3 is 12.1 Å². The number of nitrogens with zero attached hydrogens (tertiary/aromatic N) is 2. The van der Waals surface area contributed by atoms with Crippen molar-refractivity contribution in [2.75, 3.05) is 52.7 Å². The Morgan fingerprint density at radius 3 is 2.71 bits per heavy atom. The molecule has 1 aromatic rings. The summed E-state index contributed by atoms with van der Waals surface area (Å²) in [6, 6.07) is 0. The highest BCUT2D eigenvalue weighted by Gasteiger charge is 2.50. The van der Waals surface area contributed by atoms with Crippen molar-refractivity contribution < 1.29 is 37.3 Å². The molecule has 0 aromatic carbocycles. The molecule has 3 aliphatic heterocycles. The van der Waals surface area contributed by atoms with Crippen LogP contribution in [0.15, 0.2) is 5.51 Å². The van der Waals surface area contributed by atoms with Gasteiger partial charge in [0.05, 0.1) is 31.0 Å². The molecule has 3 saturated heterocycles. The molecule has 2 atom stereocenters. The van der Waals surface area contributed by atoms with Gasteiger partial charge in [0.15, 0.2) is 0 Å². The van der Waals surface area contributed by atoms with E-state index < -0.39 is 12.1 Å². The van der Waals surface area contributed by atoms with E-state index in [9.17, 15) is 13.2 Å². The average Bonchev–Trinajstić information content (AvgIpc) is 3.37. The Morgan fingerprint density at radius 2 is 2.10 bits per heavy atom. The predicted octanol–water partition coefficient (Wildman–Crippen LogP) is 2.98. The number of likely N-dealkylation sites (tertiary alicyclic amines) is 1. The molecule has 0 saturated carbocycles. The van der Waals surface area contributed by atoms with Crippen molar-refractivity contribution in [1.29, 1.82) is 0 Å². The highest BCUT2D eigenvalue weighted by atomic mass is 32.1. The highest BCUT2D eigenvalue weighted by Crippen LogP contribution is 2.42. The Labute approximate surface area is 183 Å². The first kappa shape index (κ1) is 24.4. The van der Waals surface area contributed by atoms with Gasteiger partial charge < -0.3 is 19.3 Å². The van der Waals surface area contributed by atoms with Crippen LogP contribution < -0.4 is 0 Å². The number of aromatic nitrogens is 1. The summed E-state index contributed by atoms with van der Waals surface area (Å²) in [6.07, 6.45) is -2.80. The summed E-state index contributed by atoms with van der Waals surface area (Å²) in [4.78, 5) is 17.2. The molecule has 7 nitrogen and oxygen atoms in total. The molecule has 0 radical (unpaired) electrons. The highest BCUT2D eigenvalue weighted by molar-refractivity contribution is 7.09. The molecule has 1 aromatic heterocycles. The normalized spacial score (nSPS) is 27.0. The van der Waals surface area contributed by atoms with Crippen molar-refractivity contribution in [1.82, 2.24) is 9.88 Å². The number of halogens is 3. The number of alkyl halides is 3. The van der Waals surface area contributed by atoms with Crippen LogP contribution >= 0.6 is 11.3 Å². The first-order chi connectivity index (χ1) is 14.7. The summed E-state index contributed by atoms with van der Waals surface area (Å²) < 4.78 is 49.2. The molecule has 0 spiro atoms. The largest absolute Gasteiger partial charge is 0.490 e. The number of carbonyl (C=O) groups is 1. The first-order valence-corrected chi connectivity index (χ1v) is 11.2. The van der Waals surface area contributed by atoms with Crippen LogP contribution in [-0.4, -0.2) is 79.9 Å². The zero-order valence-electron chi connectivity index (χ0n) is 17.5. The fourth-order valence-electron chi connectivity index (χ4n) is 4.29. The van der Waals surface area contributed by atoms with Crippen molar-refractivity contribution >= 4 is 17.3 Å². The average molecular weight is 467 g/mol. The van der Waals surface area contributed by atoms with E-state index >= 15 is 0 Å². The van der Waals surface area contributed by atoms with Gasteiger partial charge in [0.2, 0.25) is 0 Å². The molecule has 3 aliphatic rings. The van der Waals surface area contributed by atoms with Gasteiger partial charge in [0.25, 0.3) is 0 Å². The number of fused-ring (bicyclic) bond motifs is 1. The van der Waals surface area contributed by atoms with Crippen LogP contribution in [0.25, 0.3) is 0 Å². The van der Waals surface area contributed by atoms with Gasteiger partial charge in [0.1, 0.15) is 0 Å². The number of aryl methyl sites for hydroxylation is 1. The number of ether oxygens (including phenoxy) is 3. The van der Waals surface area contributed by atoms with Gasteiger partial charge in [-0.3, -0.25) is 4.90 Å². The first-order valence-electron chi connectivity index (χ1n) is 10.3. The molecular weight excluding hydrogens is 437 g/mol. The second kappa shape index (κ2) is 10.6. The minimum absolute atomic E-state index is 0.198. The van der Waals surface area contributed by atoms with Crippen LogP contribution in [0.1, 0.15) is 23.4 Å². The Hall–Kier alpha value is -1.27. The van der Waals surface area contributed by atoms with Gasteiger partial charge in [-0.2, -0.15) is 13.2 Å². The molecule has 11 heteroatoms. The van der Waals surface area contributed by atoms with Crippen molar-refractivity contribution in [3.63, 3.8) is 0 Å². The third kappa shape index (κ3) is 6.61. The van der Waals surface area contributed by atoms with Crippen molar-refractivity contribution in [3.05, 3.63) is 16.1 Å². The molecule has 1 N–H and O–H groups in total. The molecule has 4 heterocycles. The number of hydrogen-bond acceptors (Lipinski definition) is 7. The fraction of sp³-hybridized carbons (Fsp3) is 0.800. The summed E-state index contributed by atoms with van der Waals surface area (Å²) in [5.74, 6) is -1.47. The minimum Gasteiger partial charge on any atom is -0.475 e. The second-order valence-corrected chi connectivity index (χ2v) is 9.42. The Balaban J connectivity index is 0.000000339. The maximum Gasteiger partial charge on any atom is 0.490 e. The summed E-state index contributed by atoms with van der Waals surface area (Å²) in [7, 11) is 0. The molecule has 4 rings (SSSR count). The lowest BCUT2D eigenvalue weighted by Gasteiger charge is -2.29. The number of aliphatic carboxylic acids is 1. The molecule has 0 aliphatic carbocycles. The van der Waals surface area contributed by atoms with Gasteiger partial charge in [-0.25, -0.2) is 9.78 Å². The van der Waals surface area contributed by atoms with Crippen molar-refractivity contribution in [3.8, 4) is 0 Å². The molecule has 0 amide bonds. The molecule has 31 heavy (non-hydrogen) atoms. The van der Waals surface area contributed by atoms with Gasteiger partial charge in [-0.15, -0.1) is 11.3 Å². The van der Waals surface area contributed by atoms with E-state index in [2.05, 4.69) is 16.8 Å². The predicted molar refractivity (Wildman–Crippen MR) is 107 cm³/mol. The molecule has 176 valence electrons. The van der Waals surface area contributed by atoms with Crippen molar-refractivity contribution in [2.24, 2.45) is 17.3 Å². The maximum atomic E-state index is 10.6. The van der Waals surface area contributed by atoms with Gasteiger partial charge in [0, 0.05) is 55.7 Å². The van der Waals surface area contributed by atoms with Crippen LogP contribution in [-0.2, 0) is 25.5 Å². The quantitative estimate of drug-likeness (QED) is 0.690.